The third-order valence-electron chi connectivity index (χ3n) is 2.30. The lowest BCUT2D eigenvalue weighted by molar-refractivity contribution is 0.417. The van der Waals surface area contributed by atoms with E-state index in [0.29, 0.717) is 11.9 Å². The van der Waals surface area contributed by atoms with E-state index >= 15 is 0 Å². The molecule has 0 saturated carbocycles. The van der Waals surface area contributed by atoms with Crippen LogP contribution in [0.3, 0.4) is 0 Å². The number of anilines is 1. The summed E-state index contributed by atoms with van der Waals surface area (Å²) in [5.74, 6) is 0.652. The average Bonchev–Trinajstić information content (AvgIpc) is 2.74. The zero-order chi connectivity index (χ0) is 11.3. The van der Waals surface area contributed by atoms with Gasteiger partial charge in [-0.05, 0) is 26.8 Å². The molecule has 0 radical (unpaired) electrons. The minimum atomic E-state index is 0.122. The van der Waals surface area contributed by atoms with E-state index in [2.05, 4.69) is 22.4 Å². The molecule has 0 fully saturated rings. The van der Waals surface area contributed by atoms with Gasteiger partial charge in [0.15, 0.2) is 0 Å². The lowest BCUT2D eigenvalue weighted by atomic mass is 10.3. The van der Waals surface area contributed by atoms with Crippen LogP contribution in [-0.4, -0.2) is 30.3 Å². The minimum absolute atomic E-state index is 0.122. The first-order chi connectivity index (χ1) is 7.19. The maximum atomic E-state index is 5.54. The first kappa shape index (κ1) is 12.0. The Hall–Kier alpha value is -1.10. The minimum Gasteiger partial charge on any atom is -0.406 e. The van der Waals surface area contributed by atoms with Crippen LogP contribution in [0.1, 0.15) is 39.1 Å². The largest absolute Gasteiger partial charge is 0.406 e. The highest BCUT2D eigenvalue weighted by atomic mass is 16.4. The van der Waals surface area contributed by atoms with Crippen LogP contribution in [0.4, 0.5) is 6.01 Å². The van der Waals surface area contributed by atoms with Crippen LogP contribution >= 0.6 is 0 Å². The Labute approximate surface area is 90.9 Å². The summed E-state index contributed by atoms with van der Waals surface area (Å²) < 4.78 is 5.54. The summed E-state index contributed by atoms with van der Waals surface area (Å²) in [4.78, 5) is 1.92. The van der Waals surface area contributed by atoms with Crippen molar-refractivity contribution < 1.29 is 4.42 Å². The van der Waals surface area contributed by atoms with Crippen molar-refractivity contribution in [2.24, 2.45) is 0 Å². The van der Waals surface area contributed by atoms with Gasteiger partial charge in [-0.15, -0.1) is 5.10 Å². The summed E-state index contributed by atoms with van der Waals surface area (Å²) >= 11 is 0. The van der Waals surface area contributed by atoms with E-state index in [0.717, 1.165) is 19.5 Å². The van der Waals surface area contributed by atoms with Crippen LogP contribution in [-0.2, 0) is 0 Å². The van der Waals surface area contributed by atoms with Gasteiger partial charge in [0.05, 0.1) is 6.04 Å². The number of nitrogens with one attached hydrogen (secondary N) is 1. The normalized spacial score (nSPS) is 12.8. The maximum Gasteiger partial charge on any atom is 0.317 e. The van der Waals surface area contributed by atoms with Crippen LogP contribution < -0.4 is 10.2 Å². The van der Waals surface area contributed by atoms with Crippen molar-refractivity contribution in [2.45, 2.75) is 33.2 Å². The fraction of sp³-hybridized carbons (Fsp3) is 0.800. The quantitative estimate of drug-likeness (QED) is 0.776. The molecule has 0 aliphatic rings. The van der Waals surface area contributed by atoms with Crippen LogP contribution in [0, 0.1) is 0 Å². The Bertz CT molecular complexity index is 287. The molecule has 1 heterocycles. The standard InChI is InChI=1S/C10H20N4O/c1-5-7-11-8(3)9-12-13-10(15-9)14(4)6-2/h8,11H,5-7H2,1-4H3. The molecule has 1 unspecified atom stereocenters. The summed E-state index contributed by atoms with van der Waals surface area (Å²) in [6, 6.07) is 0.703. The van der Waals surface area contributed by atoms with E-state index < -0.39 is 0 Å². The molecule has 15 heavy (non-hydrogen) atoms. The molecule has 5 heteroatoms. The molecule has 0 amide bonds. The Morgan fingerprint density at radius 1 is 1.40 bits per heavy atom. The van der Waals surface area contributed by atoms with Crippen LogP contribution in [0.15, 0.2) is 4.42 Å². The molecular formula is C10H20N4O. The summed E-state index contributed by atoms with van der Waals surface area (Å²) in [7, 11) is 1.93. The number of hydrogen-bond donors (Lipinski definition) is 1. The molecule has 1 aromatic rings. The second-order valence-electron chi connectivity index (χ2n) is 3.61. The second-order valence-corrected chi connectivity index (χ2v) is 3.61. The van der Waals surface area contributed by atoms with Gasteiger partial charge in [0.1, 0.15) is 0 Å². The van der Waals surface area contributed by atoms with E-state index in [9.17, 15) is 0 Å². The number of aromatic nitrogens is 2. The molecular weight excluding hydrogens is 192 g/mol. The smallest absolute Gasteiger partial charge is 0.317 e. The molecule has 86 valence electrons. The van der Waals surface area contributed by atoms with Crippen molar-refractivity contribution in [3.63, 3.8) is 0 Å². The Balaban J connectivity index is 2.58. The zero-order valence-corrected chi connectivity index (χ0v) is 9.95. The number of hydrogen-bond acceptors (Lipinski definition) is 5. The lowest BCUT2D eigenvalue weighted by Gasteiger charge is -2.10. The summed E-state index contributed by atoms with van der Waals surface area (Å²) in [6.07, 6.45) is 1.10. The van der Waals surface area contributed by atoms with Gasteiger partial charge in [-0.25, -0.2) is 0 Å². The highest BCUT2D eigenvalue weighted by Gasteiger charge is 2.14. The van der Waals surface area contributed by atoms with E-state index in [4.69, 9.17) is 4.42 Å². The molecule has 1 rings (SSSR count). The average molecular weight is 212 g/mol. The topological polar surface area (TPSA) is 54.2 Å². The highest BCUT2D eigenvalue weighted by Crippen LogP contribution is 2.15. The predicted molar refractivity (Wildman–Crippen MR) is 60.0 cm³/mol. The Morgan fingerprint density at radius 2 is 2.13 bits per heavy atom. The van der Waals surface area contributed by atoms with E-state index in [-0.39, 0.29) is 6.04 Å². The monoisotopic (exact) mass is 212 g/mol. The molecule has 0 saturated heterocycles. The third kappa shape index (κ3) is 3.20. The van der Waals surface area contributed by atoms with Gasteiger partial charge < -0.3 is 14.6 Å². The molecule has 1 atom stereocenters. The van der Waals surface area contributed by atoms with Crippen molar-refractivity contribution in [1.82, 2.24) is 15.5 Å². The van der Waals surface area contributed by atoms with Gasteiger partial charge >= 0.3 is 6.01 Å². The van der Waals surface area contributed by atoms with Crippen molar-refractivity contribution in [3.05, 3.63) is 5.89 Å². The SMILES string of the molecule is CCCNC(C)c1nnc(N(C)CC)o1. The molecule has 0 spiro atoms. The highest BCUT2D eigenvalue weighted by molar-refractivity contribution is 5.21. The zero-order valence-electron chi connectivity index (χ0n) is 9.95. The van der Waals surface area contributed by atoms with Crippen molar-refractivity contribution in [2.75, 3.05) is 25.0 Å². The van der Waals surface area contributed by atoms with Crippen molar-refractivity contribution in [3.8, 4) is 0 Å². The van der Waals surface area contributed by atoms with E-state index in [1.54, 1.807) is 0 Å². The molecule has 0 aromatic carbocycles. The first-order valence-corrected chi connectivity index (χ1v) is 5.46. The third-order valence-corrected chi connectivity index (χ3v) is 2.30. The van der Waals surface area contributed by atoms with E-state index in [1.165, 1.54) is 0 Å². The molecule has 0 aliphatic carbocycles. The number of rotatable bonds is 6. The van der Waals surface area contributed by atoms with Gasteiger partial charge in [-0.1, -0.05) is 12.0 Å². The molecule has 1 aromatic heterocycles. The predicted octanol–water partition coefficient (Wildman–Crippen LogP) is 1.59. The van der Waals surface area contributed by atoms with Gasteiger partial charge in [-0.2, -0.15) is 0 Å². The van der Waals surface area contributed by atoms with Gasteiger partial charge in [-0.3, -0.25) is 0 Å². The van der Waals surface area contributed by atoms with Gasteiger partial charge in [0.2, 0.25) is 5.89 Å². The molecule has 0 bridgehead atoms. The van der Waals surface area contributed by atoms with Crippen LogP contribution in [0.5, 0.6) is 0 Å². The Kier molecular flexibility index (Phi) is 4.55. The molecule has 5 nitrogen and oxygen atoms in total. The fourth-order valence-electron chi connectivity index (χ4n) is 1.14. The first-order valence-electron chi connectivity index (χ1n) is 5.46. The second kappa shape index (κ2) is 5.70. The van der Waals surface area contributed by atoms with Gasteiger partial charge in [0, 0.05) is 13.6 Å². The molecule has 1 N–H and O–H groups in total. The fourth-order valence-corrected chi connectivity index (χ4v) is 1.14. The van der Waals surface area contributed by atoms with Crippen molar-refractivity contribution in [1.29, 1.82) is 0 Å². The summed E-state index contributed by atoms with van der Waals surface area (Å²) in [6.45, 7) is 8.02. The summed E-state index contributed by atoms with van der Waals surface area (Å²) in [5.41, 5.74) is 0. The number of nitrogens with zero attached hydrogens (tertiary/aromatic N) is 3. The molecule has 0 aliphatic heterocycles. The lowest BCUT2D eigenvalue weighted by Crippen LogP contribution is -2.19. The van der Waals surface area contributed by atoms with Gasteiger partial charge in [0.25, 0.3) is 0 Å². The van der Waals surface area contributed by atoms with E-state index in [1.807, 2.05) is 25.8 Å². The Morgan fingerprint density at radius 3 is 2.73 bits per heavy atom. The van der Waals surface area contributed by atoms with Crippen LogP contribution in [0.2, 0.25) is 0 Å². The van der Waals surface area contributed by atoms with Crippen molar-refractivity contribution >= 4 is 6.01 Å². The maximum absolute atomic E-state index is 5.54. The summed E-state index contributed by atoms with van der Waals surface area (Å²) in [5, 5.41) is 11.3. The van der Waals surface area contributed by atoms with Crippen LogP contribution in [0.25, 0.3) is 0 Å².